The minimum Gasteiger partial charge on any atom is -0.341 e. The molecule has 0 radical (unpaired) electrons. The van der Waals surface area contributed by atoms with Crippen LogP contribution in [-0.4, -0.2) is 38.9 Å². The fourth-order valence-corrected chi connectivity index (χ4v) is 2.71. The highest BCUT2D eigenvalue weighted by Crippen LogP contribution is 2.17. The van der Waals surface area contributed by atoms with Crippen LogP contribution < -0.4 is 0 Å². The Morgan fingerprint density at radius 2 is 1.85 bits per heavy atom. The fraction of sp³-hybridized carbons (Fsp3) is 0.533. The first-order valence-electron chi connectivity index (χ1n) is 7.23. The summed E-state index contributed by atoms with van der Waals surface area (Å²) in [6, 6.07) is 4.09. The molecule has 0 unspecified atom stereocenters. The zero-order valence-corrected chi connectivity index (χ0v) is 12.1. The topological polar surface area (TPSA) is 51.0 Å². The Kier molecular flexibility index (Phi) is 3.42. The number of hydrogen-bond donors (Lipinski definition) is 0. The van der Waals surface area contributed by atoms with Gasteiger partial charge in [-0.05, 0) is 56.4 Å². The highest BCUT2D eigenvalue weighted by Gasteiger charge is 2.18. The molecule has 1 aromatic carbocycles. The van der Waals surface area contributed by atoms with Crippen LogP contribution in [0.3, 0.4) is 0 Å². The lowest BCUT2D eigenvalue weighted by atomic mass is 10.1. The number of aryl methyl sites for hydroxylation is 2. The number of aromatic nitrogens is 3. The molecule has 1 aliphatic rings. The van der Waals surface area contributed by atoms with E-state index in [1.54, 1.807) is 4.68 Å². The molecule has 0 spiro atoms. The number of carbonyl (C=O) groups is 1. The summed E-state index contributed by atoms with van der Waals surface area (Å²) in [4.78, 5) is 14.2. The van der Waals surface area contributed by atoms with Crippen molar-refractivity contribution in [3.8, 4) is 0 Å². The molecule has 2 aromatic rings. The largest absolute Gasteiger partial charge is 0.341 e. The summed E-state index contributed by atoms with van der Waals surface area (Å²) in [6.07, 6.45) is 3.46. The number of hydrogen-bond acceptors (Lipinski definition) is 3. The van der Waals surface area contributed by atoms with E-state index in [0.29, 0.717) is 6.54 Å². The molecule has 1 aromatic heterocycles. The molecule has 0 bridgehead atoms. The monoisotopic (exact) mass is 272 g/mol. The van der Waals surface area contributed by atoms with Crippen LogP contribution in [0.2, 0.25) is 0 Å². The van der Waals surface area contributed by atoms with E-state index in [1.165, 1.54) is 17.5 Å². The third-order valence-electron chi connectivity index (χ3n) is 4.12. The van der Waals surface area contributed by atoms with E-state index in [1.807, 2.05) is 11.0 Å². The van der Waals surface area contributed by atoms with Gasteiger partial charge in [-0.2, -0.15) is 0 Å². The average Bonchev–Trinajstić information content (AvgIpc) is 2.83. The number of fused-ring (bicyclic) bond motifs is 1. The lowest BCUT2D eigenvalue weighted by Crippen LogP contribution is -2.37. The van der Waals surface area contributed by atoms with Gasteiger partial charge in [-0.3, -0.25) is 4.79 Å². The Labute approximate surface area is 118 Å². The summed E-state index contributed by atoms with van der Waals surface area (Å²) in [5.41, 5.74) is 4.20. The second-order valence-corrected chi connectivity index (χ2v) is 5.61. The van der Waals surface area contributed by atoms with Crippen molar-refractivity contribution < 1.29 is 4.79 Å². The molecule has 1 saturated heterocycles. The number of benzene rings is 1. The van der Waals surface area contributed by atoms with Crippen molar-refractivity contribution in [2.24, 2.45) is 0 Å². The molecule has 1 aliphatic heterocycles. The molecule has 5 nitrogen and oxygen atoms in total. The van der Waals surface area contributed by atoms with Crippen LogP contribution in [0.25, 0.3) is 11.0 Å². The number of carbonyl (C=O) groups excluding carboxylic acids is 1. The predicted molar refractivity (Wildman–Crippen MR) is 77.4 cm³/mol. The summed E-state index contributed by atoms with van der Waals surface area (Å²) < 4.78 is 1.72. The SMILES string of the molecule is Cc1cc2nnn(CC(=O)N3CCCCC3)c2cc1C. The van der Waals surface area contributed by atoms with Gasteiger partial charge in [0, 0.05) is 13.1 Å². The van der Waals surface area contributed by atoms with Crippen LogP contribution in [0.4, 0.5) is 0 Å². The minimum atomic E-state index is 0.148. The molecule has 3 rings (SSSR count). The maximum Gasteiger partial charge on any atom is 0.244 e. The third kappa shape index (κ3) is 2.40. The summed E-state index contributed by atoms with van der Waals surface area (Å²) >= 11 is 0. The van der Waals surface area contributed by atoms with Crippen molar-refractivity contribution in [3.05, 3.63) is 23.3 Å². The normalized spacial score (nSPS) is 15.8. The van der Waals surface area contributed by atoms with Gasteiger partial charge >= 0.3 is 0 Å². The Balaban J connectivity index is 1.83. The van der Waals surface area contributed by atoms with Crippen molar-refractivity contribution in [1.82, 2.24) is 19.9 Å². The van der Waals surface area contributed by atoms with Gasteiger partial charge in [0.25, 0.3) is 0 Å². The van der Waals surface area contributed by atoms with Crippen LogP contribution in [-0.2, 0) is 11.3 Å². The summed E-state index contributed by atoms with van der Waals surface area (Å²) in [6.45, 7) is 6.18. The highest BCUT2D eigenvalue weighted by atomic mass is 16.2. The molecule has 1 fully saturated rings. The van der Waals surface area contributed by atoms with Gasteiger partial charge in [-0.1, -0.05) is 5.21 Å². The first kappa shape index (κ1) is 13.1. The van der Waals surface area contributed by atoms with Gasteiger partial charge < -0.3 is 4.90 Å². The van der Waals surface area contributed by atoms with E-state index >= 15 is 0 Å². The van der Waals surface area contributed by atoms with Gasteiger partial charge in [0.1, 0.15) is 12.1 Å². The molecule has 0 aliphatic carbocycles. The van der Waals surface area contributed by atoms with Crippen molar-refractivity contribution in [3.63, 3.8) is 0 Å². The molecule has 106 valence electrons. The Morgan fingerprint density at radius 3 is 2.60 bits per heavy atom. The highest BCUT2D eigenvalue weighted by molar-refractivity contribution is 5.80. The fourth-order valence-electron chi connectivity index (χ4n) is 2.71. The zero-order valence-electron chi connectivity index (χ0n) is 12.1. The van der Waals surface area contributed by atoms with Gasteiger partial charge in [-0.15, -0.1) is 5.10 Å². The maximum atomic E-state index is 12.3. The number of likely N-dealkylation sites (tertiary alicyclic amines) is 1. The molecule has 0 saturated carbocycles. The van der Waals surface area contributed by atoms with E-state index < -0.39 is 0 Å². The van der Waals surface area contributed by atoms with Crippen LogP contribution in [0.5, 0.6) is 0 Å². The van der Waals surface area contributed by atoms with Crippen molar-refractivity contribution in [2.75, 3.05) is 13.1 Å². The lowest BCUT2D eigenvalue weighted by molar-refractivity contribution is -0.132. The zero-order chi connectivity index (χ0) is 14.1. The first-order chi connectivity index (χ1) is 9.65. The predicted octanol–water partition coefficient (Wildman–Crippen LogP) is 2.06. The van der Waals surface area contributed by atoms with E-state index in [4.69, 9.17) is 0 Å². The smallest absolute Gasteiger partial charge is 0.244 e. The Morgan fingerprint density at radius 1 is 1.15 bits per heavy atom. The molecular weight excluding hydrogens is 252 g/mol. The van der Waals surface area contributed by atoms with Crippen molar-refractivity contribution in [2.45, 2.75) is 39.7 Å². The minimum absolute atomic E-state index is 0.148. The lowest BCUT2D eigenvalue weighted by Gasteiger charge is -2.26. The van der Waals surface area contributed by atoms with Crippen LogP contribution in [0.15, 0.2) is 12.1 Å². The number of rotatable bonds is 2. The standard InChI is InChI=1S/C15H20N4O/c1-11-8-13-14(9-12(11)2)19(17-16-13)10-15(20)18-6-4-3-5-7-18/h8-9H,3-7,10H2,1-2H3. The Bertz CT molecular complexity index is 641. The second kappa shape index (κ2) is 5.23. The van der Waals surface area contributed by atoms with Gasteiger partial charge in [0.05, 0.1) is 5.52 Å². The number of nitrogens with zero attached hydrogens (tertiary/aromatic N) is 4. The second-order valence-electron chi connectivity index (χ2n) is 5.61. The molecule has 1 amide bonds. The maximum absolute atomic E-state index is 12.3. The van der Waals surface area contributed by atoms with Crippen molar-refractivity contribution >= 4 is 16.9 Å². The molecule has 0 atom stereocenters. The third-order valence-corrected chi connectivity index (χ3v) is 4.12. The first-order valence-corrected chi connectivity index (χ1v) is 7.23. The molecule has 20 heavy (non-hydrogen) atoms. The van der Waals surface area contributed by atoms with Crippen LogP contribution in [0.1, 0.15) is 30.4 Å². The Hall–Kier alpha value is -1.91. The van der Waals surface area contributed by atoms with E-state index in [-0.39, 0.29) is 5.91 Å². The van der Waals surface area contributed by atoms with Gasteiger partial charge in [0.2, 0.25) is 5.91 Å². The summed E-state index contributed by atoms with van der Waals surface area (Å²) in [7, 11) is 0. The molecule has 0 N–H and O–H groups in total. The number of piperidine rings is 1. The molecule has 2 heterocycles. The number of amides is 1. The van der Waals surface area contributed by atoms with E-state index in [9.17, 15) is 4.79 Å². The summed E-state index contributed by atoms with van der Waals surface area (Å²) in [5.74, 6) is 0.148. The van der Waals surface area contributed by atoms with E-state index in [2.05, 4.69) is 30.2 Å². The average molecular weight is 272 g/mol. The van der Waals surface area contributed by atoms with Gasteiger partial charge in [-0.25, -0.2) is 4.68 Å². The molecule has 5 heteroatoms. The van der Waals surface area contributed by atoms with Crippen LogP contribution in [0, 0.1) is 13.8 Å². The molecular formula is C15H20N4O. The van der Waals surface area contributed by atoms with Gasteiger partial charge in [0.15, 0.2) is 0 Å². The van der Waals surface area contributed by atoms with E-state index in [0.717, 1.165) is 37.0 Å². The van der Waals surface area contributed by atoms with Crippen LogP contribution >= 0.6 is 0 Å². The quantitative estimate of drug-likeness (QED) is 0.841. The summed E-state index contributed by atoms with van der Waals surface area (Å²) in [5, 5.41) is 8.29. The van der Waals surface area contributed by atoms with Crippen molar-refractivity contribution in [1.29, 1.82) is 0 Å².